The van der Waals surface area contributed by atoms with Gasteiger partial charge in [-0.05, 0) is 24.9 Å². The number of hydrogen-bond donors (Lipinski definition) is 1. The maximum Gasteiger partial charge on any atom is 0.234 e. The van der Waals surface area contributed by atoms with Gasteiger partial charge in [-0.25, -0.2) is 0 Å². The van der Waals surface area contributed by atoms with E-state index in [0.717, 1.165) is 11.4 Å². The Morgan fingerprint density at radius 3 is 3.00 bits per heavy atom. The van der Waals surface area contributed by atoms with Gasteiger partial charge in [0.05, 0.1) is 25.1 Å². The molecule has 0 bridgehead atoms. The molecule has 0 fully saturated rings. The van der Waals surface area contributed by atoms with E-state index in [4.69, 9.17) is 5.26 Å². The van der Waals surface area contributed by atoms with Gasteiger partial charge in [0.25, 0.3) is 0 Å². The summed E-state index contributed by atoms with van der Waals surface area (Å²) in [6, 6.07) is 6.16. The molecule has 1 unspecified atom stereocenters. The number of carbonyl (C=O) groups is 1. The summed E-state index contributed by atoms with van der Waals surface area (Å²) in [7, 11) is 0. The Morgan fingerprint density at radius 1 is 1.67 bits per heavy atom. The Hall–Kier alpha value is -1.38. The van der Waals surface area contributed by atoms with E-state index >= 15 is 0 Å². The standard InChI is InChI=1S/C13H19N3OS/c1-3-16(9-11(2)7-14)10-13(17)15-8-12-5-4-6-18-12/h4-6,11H,3,8-10H2,1-2H3,(H,15,17). The number of nitrogens with zero attached hydrogens (tertiary/aromatic N) is 2. The molecule has 0 aliphatic heterocycles. The zero-order valence-corrected chi connectivity index (χ0v) is 11.7. The van der Waals surface area contributed by atoms with Crippen LogP contribution in [0.15, 0.2) is 17.5 Å². The fraction of sp³-hybridized carbons (Fsp3) is 0.538. The van der Waals surface area contributed by atoms with Crippen LogP contribution in [0.2, 0.25) is 0 Å². The lowest BCUT2D eigenvalue weighted by molar-refractivity contribution is -0.122. The van der Waals surface area contributed by atoms with E-state index in [1.54, 1.807) is 11.3 Å². The Morgan fingerprint density at radius 2 is 2.44 bits per heavy atom. The lowest BCUT2D eigenvalue weighted by atomic mass is 10.2. The van der Waals surface area contributed by atoms with Gasteiger partial charge in [-0.15, -0.1) is 11.3 Å². The smallest absolute Gasteiger partial charge is 0.234 e. The summed E-state index contributed by atoms with van der Waals surface area (Å²) in [6.07, 6.45) is 0. The molecule has 1 rings (SSSR count). The molecule has 1 amide bonds. The van der Waals surface area contributed by atoms with Crippen LogP contribution in [0, 0.1) is 17.2 Å². The average Bonchev–Trinajstić information content (AvgIpc) is 2.88. The first-order valence-electron chi connectivity index (χ1n) is 6.06. The van der Waals surface area contributed by atoms with E-state index in [-0.39, 0.29) is 11.8 Å². The van der Waals surface area contributed by atoms with Crippen LogP contribution in [0.1, 0.15) is 18.7 Å². The second kappa shape index (κ2) is 7.85. The summed E-state index contributed by atoms with van der Waals surface area (Å²) in [5.74, 6) is -0.0366. The third-order valence-corrected chi connectivity index (χ3v) is 3.48. The number of likely N-dealkylation sites (N-methyl/N-ethyl adjacent to an activating group) is 1. The number of rotatable bonds is 7. The molecule has 1 aromatic heterocycles. The van der Waals surface area contributed by atoms with Crippen LogP contribution in [0.25, 0.3) is 0 Å². The Labute approximate surface area is 112 Å². The van der Waals surface area contributed by atoms with Crippen molar-refractivity contribution in [1.82, 2.24) is 10.2 Å². The first-order valence-corrected chi connectivity index (χ1v) is 6.94. The molecule has 0 spiro atoms. The monoisotopic (exact) mass is 265 g/mol. The van der Waals surface area contributed by atoms with Crippen molar-refractivity contribution in [1.29, 1.82) is 5.26 Å². The van der Waals surface area contributed by atoms with Gasteiger partial charge in [-0.1, -0.05) is 13.0 Å². The highest BCUT2D eigenvalue weighted by atomic mass is 32.1. The van der Waals surface area contributed by atoms with Crippen LogP contribution in [0.4, 0.5) is 0 Å². The van der Waals surface area contributed by atoms with Gasteiger partial charge in [0.2, 0.25) is 5.91 Å². The van der Waals surface area contributed by atoms with Crippen molar-refractivity contribution in [2.24, 2.45) is 5.92 Å². The van der Waals surface area contributed by atoms with Crippen molar-refractivity contribution in [3.05, 3.63) is 22.4 Å². The van der Waals surface area contributed by atoms with E-state index in [1.165, 1.54) is 0 Å². The molecule has 5 heteroatoms. The molecule has 98 valence electrons. The van der Waals surface area contributed by atoms with Crippen molar-refractivity contribution >= 4 is 17.2 Å². The second-order valence-corrected chi connectivity index (χ2v) is 5.25. The average molecular weight is 265 g/mol. The van der Waals surface area contributed by atoms with Crippen molar-refractivity contribution < 1.29 is 4.79 Å². The van der Waals surface area contributed by atoms with Crippen molar-refractivity contribution in [2.45, 2.75) is 20.4 Å². The molecule has 0 saturated carbocycles. The summed E-state index contributed by atoms with van der Waals surface area (Å²) < 4.78 is 0. The zero-order valence-electron chi connectivity index (χ0n) is 10.8. The van der Waals surface area contributed by atoms with Crippen LogP contribution in [-0.2, 0) is 11.3 Å². The normalized spacial score (nSPS) is 12.1. The number of thiophene rings is 1. The van der Waals surface area contributed by atoms with E-state index < -0.39 is 0 Å². The molecule has 4 nitrogen and oxygen atoms in total. The van der Waals surface area contributed by atoms with Crippen LogP contribution < -0.4 is 5.32 Å². The minimum Gasteiger partial charge on any atom is -0.350 e. The highest BCUT2D eigenvalue weighted by Crippen LogP contribution is 2.07. The predicted molar refractivity (Wildman–Crippen MR) is 73.1 cm³/mol. The van der Waals surface area contributed by atoms with Crippen molar-refractivity contribution in [3.63, 3.8) is 0 Å². The SMILES string of the molecule is CCN(CC(=O)NCc1cccs1)CC(C)C#N. The summed E-state index contributed by atoms with van der Waals surface area (Å²) in [6.45, 7) is 6.22. The van der Waals surface area contributed by atoms with Gasteiger partial charge in [-0.3, -0.25) is 9.69 Å². The van der Waals surface area contributed by atoms with E-state index in [2.05, 4.69) is 11.4 Å². The maximum absolute atomic E-state index is 11.7. The molecule has 1 heterocycles. The number of hydrogen-bond acceptors (Lipinski definition) is 4. The van der Waals surface area contributed by atoms with Crippen LogP contribution in [0.5, 0.6) is 0 Å². The quantitative estimate of drug-likeness (QED) is 0.818. The lowest BCUT2D eigenvalue weighted by Crippen LogP contribution is -2.38. The molecular formula is C13H19N3OS. The summed E-state index contributed by atoms with van der Waals surface area (Å²) in [5, 5.41) is 13.6. The van der Waals surface area contributed by atoms with Gasteiger partial charge in [0, 0.05) is 11.4 Å². The summed E-state index contributed by atoms with van der Waals surface area (Å²) >= 11 is 1.63. The van der Waals surface area contributed by atoms with Crippen LogP contribution in [-0.4, -0.2) is 30.4 Å². The molecule has 0 aliphatic rings. The molecule has 0 aliphatic carbocycles. The molecule has 0 saturated heterocycles. The molecule has 1 N–H and O–H groups in total. The topological polar surface area (TPSA) is 56.1 Å². The van der Waals surface area contributed by atoms with Crippen LogP contribution >= 0.6 is 11.3 Å². The first kappa shape index (κ1) is 14.7. The molecule has 1 aromatic rings. The highest BCUT2D eigenvalue weighted by Gasteiger charge is 2.12. The molecule has 0 radical (unpaired) electrons. The predicted octanol–water partition coefficient (Wildman–Crippen LogP) is 1.85. The number of carbonyl (C=O) groups excluding carboxylic acids is 1. The third kappa shape index (κ3) is 5.30. The van der Waals surface area contributed by atoms with Gasteiger partial charge in [0.15, 0.2) is 0 Å². The number of amides is 1. The van der Waals surface area contributed by atoms with Crippen LogP contribution in [0.3, 0.4) is 0 Å². The first-order chi connectivity index (χ1) is 8.65. The minimum absolute atomic E-state index is 0.00962. The molecule has 18 heavy (non-hydrogen) atoms. The molecular weight excluding hydrogens is 246 g/mol. The Balaban J connectivity index is 2.31. The molecule has 1 atom stereocenters. The zero-order chi connectivity index (χ0) is 13.4. The Bertz CT molecular complexity index is 397. The molecule has 0 aromatic carbocycles. The van der Waals surface area contributed by atoms with Crippen molar-refractivity contribution in [3.8, 4) is 6.07 Å². The summed E-state index contributed by atoms with van der Waals surface area (Å²) in [5.41, 5.74) is 0. The lowest BCUT2D eigenvalue weighted by Gasteiger charge is -2.20. The fourth-order valence-corrected chi connectivity index (χ4v) is 2.24. The van der Waals surface area contributed by atoms with Gasteiger partial charge >= 0.3 is 0 Å². The van der Waals surface area contributed by atoms with E-state index in [0.29, 0.717) is 19.6 Å². The van der Waals surface area contributed by atoms with Gasteiger partial charge in [0.1, 0.15) is 0 Å². The number of nitrogens with one attached hydrogen (secondary N) is 1. The minimum atomic E-state index is -0.0463. The second-order valence-electron chi connectivity index (χ2n) is 4.21. The third-order valence-electron chi connectivity index (χ3n) is 2.61. The highest BCUT2D eigenvalue weighted by molar-refractivity contribution is 7.09. The summed E-state index contributed by atoms with van der Waals surface area (Å²) in [4.78, 5) is 14.9. The number of nitriles is 1. The Kier molecular flexibility index (Phi) is 6.40. The van der Waals surface area contributed by atoms with Crippen molar-refractivity contribution in [2.75, 3.05) is 19.6 Å². The van der Waals surface area contributed by atoms with Gasteiger partial charge in [-0.2, -0.15) is 5.26 Å². The van der Waals surface area contributed by atoms with Gasteiger partial charge < -0.3 is 5.32 Å². The largest absolute Gasteiger partial charge is 0.350 e. The fourth-order valence-electron chi connectivity index (χ4n) is 1.59. The van der Waals surface area contributed by atoms with E-state index in [9.17, 15) is 4.79 Å². The maximum atomic E-state index is 11.7. The van der Waals surface area contributed by atoms with E-state index in [1.807, 2.05) is 36.3 Å².